The van der Waals surface area contributed by atoms with Crippen LogP contribution in [0.2, 0.25) is 0 Å². The average Bonchev–Trinajstić information content (AvgIpc) is 2.41. The molecule has 0 saturated carbocycles. The Morgan fingerprint density at radius 2 is 2.25 bits per heavy atom. The van der Waals surface area contributed by atoms with E-state index in [1.807, 2.05) is 0 Å². The van der Waals surface area contributed by atoms with Crippen LogP contribution in [0.5, 0.6) is 0 Å². The molecule has 0 bridgehead atoms. The van der Waals surface area contributed by atoms with Gasteiger partial charge in [-0.3, -0.25) is 9.78 Å². The van der Waals surface area contributed by atoms with E-state index in [0.29, 0.717) is 12.2 Å². The minimum absolute atomic E-state index is 0.105. The Morgan fingerprint density at radius 3 is 2.80 bits per heavy atom. The van der Waals surface area contributed by atoms with Crippen molar-refractivity contribution in [3.8, 4) is 0 Å². The minimum Gasteiger partial charge on any atom is -0.353 e. The number of nitrogens with one attached hydrogen (secondary N) is 1. The first kappa shape index (κ1) is 16.3. The lowest BCUT2D eigenvalue weighted by Gasteiger charge is -2.19. The summed E-state index contributed by atoms with van der Waals surface area (Å²) < 4.78 is 24.7. The molecular weight excluding hydrogens is 278 g/mol. The molecule has 0 radical (unpaired) electrons. The van der Waals surface area contributed by atoms with Crippen LogP contribution in [0.4, 0.5) is 0 Å². The lowest BCUT2D eigenvalue weighted by molar-refractivity contribution is -0.121. The Morgan fingerprint density at radius 1 is 1.50 bits per heavy atom. The van der Waals surface area contributed by atoms with Crippen molar-refractivity contribution < 1.29 is 13.2 Å². The lowest BCUT2D eigenvalue weighted by atomic mass is 10.3. The van der Waals surface area contributed by atoms with Crippen molar-refractivity contribution >= 4 is 15.9 Å². The Balaban J connectivity index is 2.62. The van der Waals surface area contributed by atoms with Gasteiger partial charge in [0.1, 0.15) is 0 Å². The second-order valence-electron chi connectivity index (χ2n) is 4.26. The number of nitrogens with zero attached hydrogens (tertiary/aromatic N) is 2. The zero-order valence-electron chi connectivity index (χ0n) is 11.4. The van der Waals surface area contributed by atoms with E-state index in [4.69, 9.17) is 0 Å². The molecule has 6 nitrogen and oxygen atoms in total. The van der Waals surface area contributed by atoms with Crippen molar-refractivity contribution in [3.63, 3.8) is 0 Å². The second kappa shape index (κ2) is 7.76. The van der Waals surface area contributed by atoms with Gasteiger partial charge < -0.3 is 5.32 Å². The van der Waals surface area contributed by atoms with Crippen LogP contribution in [0.3, 0.4) is 0 Å². The molecule has 1 rings (SSSR count). The molecule has 0 fully saturated rings. The van der Waals surface area contributed by atoms with Crippen LogP contribution in [-0.4, -0.2) is 43.0 Å². The van der Waals surface area contributed by atoms with Crippen molar-refractivity contribution in [2.24, 2.45) is 0 Å². The first-order chi connectivity index (χ1) is 9.43. The number of carbonyl (C=O) groups excluding carboxylic acids is 1. The number of pyridine rings is 1. The number of carbonyl (C=O) groups is 1. The van der Waals surface area contributed by atoms with Crippen molar-refractivity contribution in [1.29, 1.82) is 0 Å². The lowest BCUT2D eigenvalue weighted by Crippen LogP contribution is -2.34. The normalized spacial score (nSPS) is 11.3. The number of hydrogen-bond acceptors (Lipinski definition) is 4. The average molecular weight is 297 g/mol. The number of amides is 1. The molecule has 1 amide bonds. The van der Waals surface area contributed by atoms with Crippen molar-refractivity contribution in [3.05, 3.63) is 42.7 Å². The maximum Gasteiger partial charge on any atom is 0.221 e. The first-order valence-corrected chi connectivity index (χ1v) is 8.01. The monoisotopic (exact) mass is 297 g/mol. The Hall–Kier alpha value is -1.73. The zero-order valence-corrected chi connectivity index (χ0v) is 12.3. The topological polar surface area (TPSA) is 79.4 Å². The summed E-state index contributed by atoms with van der Waals surface area (Å²) in [5.74, 6) is -0.209. The largest absolute Gasteiger partial charge is 0.353 e. The smallest absolute Gasteiger partial charge is 0.221 e. The first-order valence-electron chi connectivity index (χ1n) is 6.16. The summed E-state index contributed by atoms with van der Waals surface area (Å²) >= 11 is 0. The predicted octanol–water partition coefficient (Wildman–Crippen LogP) is 0.535. The van der Waals surface area contributed by atoms with E-state index in [2.05, 4.69) is 16.9 Å². The molecule has 1 heterocycles. The van der Waals surface area contributed by atoms with E-state index in [-0.39, 0.29) is 25.4 Å². The molecule has 1 aromatic heterocycles. The molecule has 0 aliphatic carbocycles. The highest BCUT2D eigenvalue weighted by Crippen LogP contribution is 2.06. The highest BCUT2D eigenvalue weighted by Gasteiger charge is 2.18. The van der Waals surface area contributed by atoms with Gasteiger partial charge in [-0.2, -0.15) is 4.31 Å². The van der Waals surface area contributed by atoms with E-state index >= 15 is 0 Å². The summed E-state index contributed by atoms with van der Waals surface area (Å²) in [6.45, 7) is 4.15. The molecule has 0 unspecified atom stereocenters. The van der Waals surface area contributed by atoms with E-state index in [0.717, 1.165) is 6.26 Å². The summed E-state index contributed by atoms with van der Waals surface area (Å²) in [5.41, 5.74) is 0.643. The molecule has 7 heteroatoms. The molecular formula is C13H19N3O3S. The summed E-state index contributed by atoms with van der Waals surface area (Å²) in [6.07, 6.45) is 4.40. The number of aromatic nitrogens is 1. The number of rotatable bonds is 8. The third-order valence-corrected chi connectivity index (χ3v) is 3.82. The molecule has 0 atom stereocenters. The van der Waals surface area contributed by atoms with Crippen LogP contribution in [0, 0.1) is 0 Å². The van der Waals surface area contributed by atoms with E-state index in [9.17, 15) is 13.2 Å². The van der Waals surface area contributed by atoms with Crippen LogP contribution >= 0.6 is 0 Å². The van der Waals surface area contributed by atoms with E-state index in [1.54, 1.807) is 30.5 Å². The highest BCUT2D eigenvalue weighted by atomic mass is 32.2. The highest BCUT2D eigenvalue weighted by molar-refractivity contribution is 7.88. The predicted molar refractivity (Wildman–Crippen MR) is 77.3 cm³/mol. The Kier molecular flexibility index (Phi) is 6.33. The summed E-state index contributed by atoms with van der Waals surface area (Å²) in [5, 5.41) is 2.61. The molecule has 1 N–H and O–H groups in total. The zero-order chi connectivity index (χ0) is 15.0. The fraction of sp³-hybridized carbons (Fsp3) is 0.385. The van der Waals surface area contributed by atoms with Crippen molar-refractivity contribution in [1.82, 2.24) is 14.6 Å². The van der Waals surface area contributed by atoms with Gasteiger partial charge in [-0.15, -0.1) is 6.58 Å². The number of hydrogen-bond donors (Lipinski definition) is 1. The fourth-order valence-corrected chi connectivity index (χ4v) is 2.32. The summed E-state index contributed by atoms with van der Waals surface area (Å²) in [7, 11) is -3.39. The molecule has 0 aromatic carbocycles. The van der Waals surface area contributed by atoms with Crippen LogP contribution in [0.25, 0.3) is 0 Å². The van der Waals surface area contributed by atoms with Crippen LogP contribution in [-0.2, 0) is 21.4 Å². The SMILES string of the molecule is C=CCNC(=O)CCN(Cc1ccccn1)S(C)(=O)=O. The van der Waals surface area contributed by atoms with Crippen LogP contribution < -0.4 is 5.32 Å². The van der Waals surface area contributed by atoms with Gasteiger partial charge in [0, 0.05) is 25.7 Å². The standard InChI is InChI=1S/C13H19N3O3S/c1-3-8-15-13(17)7-10-16(20(2,18)19)11-12-6-4-5-9-14-12/h3-6,9H,1,7-8,10-11H2,2H3,(H,15,17). The molecule has 20 heavy (non-hydrogen) atoms. The van der Waals surface area contributed by atoms with Crippen LogP contribution in [0.1, 0.15) is 12.1 Å². The fourth-order valence-electron chi connectivity index (χ4n) is 1.54. The Bertz CT molecular complexity index is 543. The van der Waals surface area contributed by atoms with E-state index < -0.39 is 10.0 Å². The van der Waals surface area contributed by atoms with Gasteiger partial charge in [-0.1, -0.05) is 12.1 Å². The molecule has 1 aromatic rings. The van der Waals surface area contributed by atoms with Gasteiger partial charge in [-0.25, -0.2) is 8.42 Å². The van der Waals surface area contributed by atoms with Crippen LogP contribution in [0.15, 0.2) is 37.1 Å². The van der Waals surface area contributed by atoms with Crippen molar-refractivity contribution in [2.75, 3.05) is 19.3 Å². The van der Waals surface area contributed by atoms with Gasteiger partial charge in [-0.05, 0) is 12.1 Å². The van der Waals surface area contributed by atoms with E-state index in [1.165, 1.54) is 4.31 Å². The summed E-state index contributed by atoms with van der Waals surface area (Å²) in [6, 6.07) is 5.30. The quantitative estimate of drug-likeness (QED) is 0.710. The van der Waals surface area contributed by atoms with Gasteiger partial charge >= 0.3 is 0 Å². The molecule has 0 saturated heterocycles. The van der Waals surface area contributed by atoms with Gasteiger partial charge in [0.25, 0.3) is 0 Å². The molecule has 0 aliphatic rings. The summed E-state index contributed by atoms with van der Waals surface area (Å²) in [4.78, 5) is 15.6. The maximum absolute atomic E-state index is 11.7. The van der Waals surface area contributed by atoms with Crippen molar-refractivity contribution in [2.45, 2.75) is 13.0 Å². The van der Waals surface area contributed by atoms with Gasteiger partial charge in [0.15, 0.2) is 0 Å². The number of sulfonamides is 1. The van der Waals surface area contributed by atoms with Gasteiger partial charge in [0.05, 0.1) is 18.5 Å². The second-order valence-corrected chi connectivity index (χ2v) is 6.24. The molecule has 0 aliphatic heterocycles. The molecule has 110 valence electrons. The molecule has 0 spiro atoms. The maximum atomic E-state index is 11.7. The third kappa shape index (κ3) is 5.94. The van der Waals surface area contributed by atoms with Gasteiger partial charge in [0.2, 0.25) is 15.9 Å². The third-order valence-electron chi connectivity index (χ3n) is 2.57. The Labute approximate surface area is 119 Å². The minimum atomic E-state index is -3.39.